The van der Waals surface area contributed by atoms with E-state index in [1.54, 1.807) is 19.3 Å². The van der Waals surface area contributed by atoms with E-state index in [0.29, 0.717) is 16.8 Å². The van der Waals surface area contributed by atoms with Gasteiger partial charge in [0, 0.05) is 12.6 Å². The standard InChI is InChI=1S/C11H10FN3O2/c1-15-6-10(13-14-15)8-2-7(4-11(16)17)3-9(12)5-8/h2-3,5-6H,4H2,1H3,(H,16,17). The Morgan fingerprint density at radius 3 is 2.82 bits per heavy atom. The molecule has 0 aliphatic carbocycles. The molecular formula is C11H10FN3O2. The van der Waals surface area contributed by atoms with E-state index in [1.165, 1.54) is 16.8 Å². The molecule has 1 aromatic heterocycles. The molecule has 0 aliphatic rings. The Hall–Kier alpha value is -2.24. The molecule has 17 heavy (non-hydrogen) atoms. The van der Waals surface area contributed by atoms with Gasteiger partial charge in [-0.2, -0.15) is 0 Å². The molecule has 0 radical (unpaired) electrons. The van der Waals surface area contributed by atoms with Crippen molar-refractivity contribution in [2.75, 3.05) is 0 Å². The number of nitrogens with zero attached hydrogens (tertiary/aromatic N) is 3. The lowest BCUT2D eigenvalue weighted by Gasteiger charge is -2.01. The molecule has 1 N–H and O–H groups in total. The zero-order valence-electron chi connectivity index (χ0n) is 9.09. The van der Waals surface area contributed by atoms with E-state index in [4.69, 9.17) is 5.11 Å². The monoisotopic (exact) mass is 235 g/mol. The maximum atomic E-state index is 13.3. The number of aromatic nitrogens is 3. The highest BCUT2D eigenvalue weighted by atomic mass is 19.1. The van der Waals surface area contributed by atoms with E-state index in [2.05, 4.69) is 10.3 Å². The minimum absolute atomic E-state index is 0.217. The van der Waals surface area contributed by atoms with Gasteiger partial charge in [-0.15, -0.1) is 5.10 Å². The van der Waals surface area contributed by atoms with Crippen molar-refractivity contribution in [2.45, 2.75) is 6.42 Å². The minimum atomic E-state index is -0.999. The van der Waals surface area contributed by atoms with Gasteiger partial charge >= 0.3 is 5.97 Å². The number of aliphatic carboxylic acids is 1. The first-order valence-electron chi connectivity index (χ1n) is 4.92. The second-order valence-electron chi connectivity index (χ2n) is 3.70. The van der Waals surface area contributed by atoms with Crippen molar-refractivity contribution in [2.24, 2.45) is 7.05 Å². The number of hydrogen-bond acceptors (Lipinski definition) is 3. The summed E-state index contributed by atoms with van der Waals surface area (Å²) in [6, 6.07) is 4.10. The van der Waals surface area contributed by atoms with Crippen LogP contribution in [-0.2, 0) is 18.3 Å². The molecule has 0 unspecified atom stereocenters. The van der Waals surface area contributed by atoms with E-state index in [0.717, 1.165) is 0 Å². The number of halogens is 1. The van der Waals surface area contributed by atoms with Crippen LogP contribution >= 0.6 is 0 Å². The van der Waals surface area contributed by atoms with E-state index < -0.39 is 11.8 Å². The second kappa shape index (κ2) is 4.32. The zero-order valence-corrected chi connectivity index (χ0v) is 9.09. The Labute approximate surface area is 96.5 Å². The van der Waals surface area contributed by atoms with Gasteiger partial charge in [-0.25, -0.2) is 4.39 Å². The largest absolute Gasteiger partial charge is 0.481 e. The number of hydrogen-bond donors (Lipinski definition) is 1. The van der Waals surface area contributed by atoms with Crippen LogP contribution in [0.1, 0.15) is 5.56 Å². The smallest absolute Gasteiger partial charge is 0.307 e. The summed E-state index contributed by atoms with van der Waals surface area (Å²) < 4.78 is 14.8. The Bertz CT molecular complexity index is 566. The highest BCUT2D eigenvalue weighted by Crippen LogP contribution is 2.19. The Morgan fingerprint density at radius 2 is 2.24 bits per heavy atom. The summed E-state index contributed by atoms with van der Waals surface area (Å²) in [6.45, 7) is 0. The molecule has 2 aromatic rings. The van der Waals surface area contributed by atoms with Crippen molar-refractivity contribution < 1.29 is 14.3 Å². The van der Waals surface area contributed by atoms with Crippen molar-refractivity contribution >= 4 is 5.97 Å². The SMILES string of the molecule is Cn1cc(-c2cc(F)cc(CC(=O)O)c2)nn1. The van der Waals surface area contributed by atoms with Crippen LogP contribution in [0.2, 0.25) is 0 Å². The maximum absolute atomic E-state index is 13.3. The molecule has 0 saturated heterocycles. The molecule has 0 bridgehead atoms. The van der Waals surface area contributed by atoms with Gasteiger partial charge < -0.3 is 5.11 Å². The molecule has 2 rings (SSSR count). The fourth-order valence-electron chi connectivity index (χ4n) is 1.55. The molecule has 1 aromatic carbocycles. The van der Waals surface area contributed by atoms with Crippen molar-refractivity contribution in [1.82, 2.24) is 15.0 Å². The predicted molar refractivity (Wildman–Crippen MR) is 57.7 cm³/mol. The Morgan fingerprint density at radius 1 is 1.47 bits per heavy atom. The first-order chi connectivity index (χ1) is 8.04. The number of aryl methyl sites for hydroxylation is 1. The van der Waals surface area contributed by atoms with Crippen molar-refractivity contribution in [3.63, 3.8) is 0 Å². The van der Waals surface area contributed by atoms with Crippen LogP contribution in [0, 0.1) is 5.82 Å². The zero-order chi connectivity index (χ0) is 12.4. The maximum Gasteiger partial charge on any atom is 0.307 e. The number of benzene rings is 1. The normalized spacial score (nSPS) is 10.5. The lowest BCUT2D eigenvalue weighted by molar-refractivity contribution is -0.136. The summed E-state index contributed by atoms with van der Waals surface area (Å²) in [4.78, 5) is 10.6. The van der Waals surface area contributed by atoms with Crippen molar-refractivity contribution in [3.8, 4) is 11.3 Å². The van der Waals surface area contributed by atoms with Crippen molar-refractivity contribution in [3.05, 3.63) is 35.8 Å². The van der Waals surface area contributed by atoms with Gasteiger partial charge in [0.25, 0.3) is 0 Å². The highest BCUT2D eigenvalue weighted by Gasteiger charge is 2.08. The molecule has 0 fully saturated rings. The third kappa shape index (κ3) is 2.66. The van der Waals surface area contributed by atoms with Gasteiger partial charge in [-0.3, -0.25) is 9.48 Å². The third-order valence-corrected chi connectivity index (χ3v) is 2.21. The molecule has 1 heterocycles. The molecule has 0 amide bonds. The van der Waals surface area contributed by atoms with Crippen molar-refractivity contribution in [1.29, 1.82) is 0 Å². The summed E-state index contributed by atoms with van der Waals surface area (Å²) >= 11 is 0. The first kappa shape index (κ1) is 11.3. The second-order valence-corrected chi connectivity index (χ2v) is 3.70. The summed E-state index contributed by atoms with van der Waals surface area (Å²) in [5, 5.41) is 16.3. The molecule has 6 heteroatoms. The Kier molecular flexibility index (Phi) is 2.86. The van der Waals surface area contributed by atoms with Gasteiger partial charge in [0.1, 0.15) is 11.5 Å². The van der Waals surface area contributed by atoms with Crippen LogP contribution in [0.15, 0.2) is 24.4 Å². The van der Waals surface area contributed by atoms with Gasteiger partial charge in [0.15, 0.2) is 0 Å². The molecule has 88 valence electrons. The van der Waals surface area contributed by atoms with E-state index in [1.807, 2.05) is 0 Å². The van der Waals surface area contributed by atoms with Crippen LogP contribution in [0.3, 0.4) is 0 Å². The number of carboxylic acid groups (broad SMARTS) is 1. The third-order valence-electron chi connectivity index (χ3n) is 2.21. The Balaban J connectivity index is 2.41. The number of carboxylic acids is 1. The molecule has 0 spiro atoms. The summed E-state index contributed by atoms with van der Waals surface area (Å²) in [5.41, 5.74) is 1.44. The molecule has 0 atom stereocenters. The summed E-state index contributed by atoms with van der Waals surface area (Å²) in [5.74, 6) is -1.48. The summed E-state index contributed by atoms with van der Waals surface area (Å²) in [7, 11) is 1.70. The quantitative estimate of drug-likeness (QED) is 0.869. The molecular weight excluding hydrogens is 225 g/mol. The topological polar surface area (TPSA) is 68.0 Å². The van der Waals surface area contributed by atoms with Gasteiger partial charge in [0.2, 0.25) is 0 Å². The van der Waals surface area contributed by atoms with E-state index in [9.17, 15) is 9.18 Å². The van der Waals surface area contributed by atoms with Crippen LogP contribution < -0.4 is 0 Å². The molecule has 0 aliphatic heterocycles. The average Bonchev–Trinajstić information content (AvgIpc) is 2.62. The average molecular weight is 235 g/mol. The van der Waals surface area contributed by atoms with Gasteiger partial charge in [-0.05, 0) is 23.8 Å². The van der Waals surface area contributed by atoms with Crippen LogP contribution in [0.4, 0.5) is 4.39 Å². The first-order valence-corrected chi connectivity index (χ1v) is 4.92. The highest BCUT2D eigenvalue weighted by molar-refractivity contribution is 5.71. The van der Waals surface area contributed by atoms with E-state index >= 15 is 0 Å². The minimum Gasteiger partial charge on any atom is -0.481 e. The van der Waals surface area contributed by atoms with Crippen LogP contribution in [0.5, 0.6) is 0 Å². The predicted octanol–water partition coefficient (Wildman–Crippen LogP) is 1.25. The number of rotatable bonds is 3. The molecule has 0 saturated carbocycles. The number of carbonyl (C=O) groups is 1. The fourth-order valence-corrected chi connectivity index (χ4v) is 1.55. The van der Waals surface area contributed by atoms with Gasteiger partial charge in [0.05, 0.1) is 12.6 Å². The lowest BCUT2D eigenvalue weighted by Crippen LogP contribution is -2.00. The fraction of sp³-hybridized carbons (Fsp3) is 0.182. The van der Waals surface area contributed by atoms with Crippen LogP contribution in [0.25, 0.3) is 11.3 Å². The molecule has 5 nitrogen and oxygen atoms in total. The lowest BCUT2D eigenvalue weighted by atomic mass is 10.1. The van der Waals surface area contributed by atoms with Crippen LogP contribution in [-0.4, -0.2) is 26.1 Å². The summed E-state index contributed by atoms with van der Waals surface area (Å²) in [6.07, 6.45) is 1.42. The van der Waals surface area contributed by atoms with E-state index in [-0.39, 0.29) is 6.42 Å². The van der Waals surface area contributed by atoms with Gasteiger partial charge in [-0.1, -0.05) is 5.21 Å².